The van der Waals surface area contributed by atoms with Gasteiger partial charge in [-0.15, -0.1) is 0 Å². The Labute approximate surface area is 135 Å². The van der Waals surface area contributed by atoms with Gasteiger partial charge in [0.2, 0.25) is 0 Å². The average molecular weight is 350 g/mol. The van der Waals surface area contributed by atoms with Gasteiger partial charge in [0, 0.05) is 36.4 Å². The molecule has 1 aromatic heterocycles. The van der Waals surface area contributed by atoms with Crippen LogP contribution in [0.4, 0.5) is 0 Å². The number of halogens is 1. The van der Waals surface area contributed by atoms with Gasteiger partial charge in [-0.05, 0) is 43.5 Å². The molecule has 0 saturated heterocycles. The molecule has 1 atom stereocenters. The molecule has 21 heavy (non-hydrogen) atoms. The molecular weight excluding hydrogens is 326 g/mol. The van der Waals surface area contributed by atoms with Gasteiger partial charge in [0.15, 0.2) is 0 Å². The van der Waals surface area contributed by atoms with Crippen LogP contribution in [-0.2, 0) is 19.9 Å². The number of aryl methyl sites for hydroxylation is 2. The molecule has 1 N–H and O–H groups in total. The lowest BCUT2D eigenvalue weighted by atomic mass is 10.0. The molecule has 0 radical (unpaired) electrons. The molecule has 0 fully saturated rings. The largest absolute Gasteiger partial charge is 0.338 e. The number of benzene rings is 1. The van der Waals surface area contributed by atoms with Crippen LogP contribution in [0.2, 0.25) is 0 Å². The van der Waals surface area contributed by atoms with Crippen LogP contribution in [0.5, 0.6) is 0 Å². The summed E-state index contributed by atoms with van der Waals surface area (Å²) in [5.41, 5.74) is 1.38. The minimum atomic E-state index is 0.503. The Kier molecular flexibility index (Phi) is 6.46. The van der Waals surface area contributed by atoms with Gasteiger partial charge < -0.3 is 9.88 Å². The summed E-state index contributed by atoms with van der Waals surface area (Å²) in [6.45, 7) is 3.28. The second-order valence-corrected chi connectivity index (χ2v) is 6.39. The van der Waals surface area contributed by atoms with Crippen LogP contribution in [0, 0.1) is 0 Å². The molecule has 114 valence electrons. The molecule has 1 unspecified atom stereocenters. The lowest BCUT2D eigenvalue weighted by Gasteiger charge is -2.18. The van der Waals surface area contributed by atoms with Crippen LogP contribution in [0.15, 0.2) is 41.1 Å². The lowest BCUT2D eigenvalue weighted by Crippen LogP contribution is -2.32. The van der Waals surface area contributed by atoms with Gasteiger partial charge in [0.25, 0.3) is 0 Å². The van der Waals surface area contributed by atoms with E-state index < -0.39 is 0 Å². The fourth-order valence-electron chi connectivity index (χ4n) is 2.47. The van der Waals surface area contributed by atoms with E-state index in [1.807, 2.05) is 12.4 Å². The van der Waals surface area contributed by atoms with Gasteiger partial charge in [0.05, 0.1) is 0 Å². The molecular formula is C17H24BrN3. The van der Waals surface area contributed by atoms with Crippen LogP contribution in [0.1, 0.15) is 31.2 Å². The van der Waals surface area contributed by atoms with Gasteiger partial charge in [-0.3, -0.25) is 0 Å². The van der Waals surface area contributed by atoms with Crippen molar-refractivity contribution in [2.24, 2.45) is 7.05 Å². The highest BCUT2D eigenvalue weighted by Crippen LogP contribution is 2.14. The Balaban J connectivity index is 1.93. The van der Waals surface area contributed by atoms with Gasteiger partial charge in [-0.25, -0.2) is 4.98 Å². The molecule has 0 saturated carbocycles. The summed E-state index contributed by atoms with van der Waals surface area (Å²) in [6.07, 6.45) is 8.25. The fraction of sp³-hybridized carbons (Fsp3) is 0.471. The zero-order chi connectivity index (χ0) is 15.1. The van der Waals surface area contributed by atoms with E-state index in [2.05, 4.69) is 69.0 Å². The molecule has 3 nitrogen and oxygen atoms in total. The van der Waals surface area contributed by atoms with Gasteiger partial charge in [-0.2, -0.15) is 0 Å². The molecule has 0 bridgehead atoms. The predicted octanol–water partition coefficient (Wildman–Crippen LogP) is 3.73. The maximum absolute atomic E-state index is 4.42. The first kappa shape index (κ1) is 16.2. The molecule has 4 heteroatoms. The number of rotatable bonds is 8. The summed E-state index contributed by atoms with van der Waals surface area (Å²) in [5.74, 6) is 1.16. The lowest BCUT2D eigenvalue weighted by molar-refractivity contribution is 0.471. The Morgan fingerprint density at radius 3 is 2.67 bits per heavy atom. The van der Waals surface area contributed by atoms with Crippen molar-refractivity contribution in [2.75, 3.05) is 6.54 Å². The normalized spacial score (nSPS) is 12.5. The Morgan fingerprint density at radius 1 is 1.29 bits per heavy atom. The molecule has 2 aromatic rings. The van der Waals surface area contributed by atoms with Crippen molar-refractivity contribution >= 4 is 15.9 Å². The van der Waals surface area contributed by atoms with Crippen LogP contribution >= 0.6 is 15.9 Å². The van der Waals surface area contributed by atoms with Crippen molar-refractivity contribution < 1.29 is 0 Å². The maximum Gasteiger partial charge on any atom is 0.108 e. The van der Waals surface area contributed by atoms with Crippen molar-refractivity contribution in [3.05, 3.63) is 52.5 Å². The van der Waals surface area contributed by atoms with Crippen LogP contribution in [0.3, 0.4) is 0 Å². The highest BCUT2D eigenvalue weighted by Gasteiger charge is 2.10. The highest BCUT2D eigenvalue weighted by molar-refractivity contribution is 9.10. The van der Waals surface area contributed by atoms with E-state index in [9.17, 15) is 0 Å². The van der Waals surface area contributed by atoms with E-state index in [0.717, 1.165) is 36.1 Å². The van der Waals surface area contributed by atoms with E-state index in [1.165, 1.54) is 12.0 Å². The monoisotopic (exact) mass is 349 g/mol. The topological polar surface area (TPSA) is 29.9 Å². The Bertz CT molecular complexity index is 533. The third-order valence-corrected chi connectivity index (χ3v) is 4.24. The minimum absolute atomic E-state index is 0.503. The zero-order valence-electron chi connectivity index (χ0n) is 12.8. The number of imidazole rings is 1. The molecule has 0 aliphatic heterocycles. The molecule has 0 aliphatic rings. The van der Waals surface area contributed by atoms with Gasteiger partial charge in [0.1, 0.15) is 5.82 Å². The zero-order valence-corrected chi connectivity index (χ0v) is 14.4. The van der Waals surface area contributed by atoms with Crippen LogP contribution in [0.25, 0.3) is 0 Å². The standard InChI is InChI=1S/C17H24BrN3/c1-3-10-19-16(8-9-17-20-11-12-21(17)2)13-14-4-6-15(18)7-5-14/h4-7,11-12,16,19H,3,8-10,13H2,1-2H3. The van der Waals surface area contributed by atoms with E-state index in [-0.39, 0.29) is 0 Å². The molecule has 0 spiro atoms. The minimum Gasteiger partial charge on any atom is -0.338 e. The number of nitrogens with one attached hydrogen (secondary N) is 1. The first-order chi connectivity index (χ1) is 10.2. The summed E-state index contributed by atoms with van der Waals surface area (Å²) in [4.78, 5) is 4.42. The average Bonchev–Trinajstić information content (AvgIpc) is 2.89. The summed E-state index contributed by atoms with van der Waals surface area (Å²) < 4.78 is 3.24. The van der Waals surface area contributed by atoms with Gasteiger partial charge in [-0.1, -0.05) is 35.0 Å². The SMILES string of the molecule is CCCNC(CCc1nccn1C)Cc1ccc(Br)cc1. The number of hydrogen-bond acceptors (Lipinski definition) is 2. The second-order valence-electron chi connectivity index (χ2n) is 5.47. The number of nitrogens with zero attached hydrogens (tertiary/aromatic N) is 2. The summed E-state index contributed by atoms with van der Waals surface area (Å²) in [6, 6.07) is 9.13. The van der Waals surface area contributed by atoms with Crippen molar-refractivity contribution in [1.82, 2.24) is 14.9 Å². The molecule has 1 heterocycles. The Morgan fingerprint density at radius 2 is 2.05 bits per heavy atom. The van der Waals surface area contributed by atoms with E-state index >= 15 is 0 Å². The van der Waals surface area contributed by atoms with Crippen molar-refractivity contribution in [2.45, 2.75) is 38.6 Å². The summed E-state index contributed by atoms with van der Waals surface area (Å²) >= 11 is 3.49. The van der Waals surface area contributed by atoms with Gasteiger partial charge >= 0.3 is 0 Å². The maximum atomic E-state index is 4.42. The second kappa shape index (κ2) is 8.35. The van der Waals surface area contributed by atoms with Crippen molar-refractivity contribution in [3.63, 3.8) is 0 Å². The first-order valence-electron chi connectivity index (χ1n) is 7.63. The number of aromatic nitrogens is 2. The third kappa shape index (κ3) is 5.29. The van der Waals surface area contributed by atoms with Crippen LogP contribution in [-0.4, -0.2) is 22.1 Å². The molecule has 0 aliphatic carbocycles. The van der Waals surface area contributed by atoms with E-state index in [0.29, 0.717) is 6.04 Å². The van der Waals surface area contributed by atoms with E-state index in [1.54, 1.807) is 0 Å². The third-order valence-electron chi connectivity index (χ3n) is 3.72. The summed E-state index contributed by atoms with van der Waals surface area (Å²) in [5, 5.41) is 3.67. The predicted molar refractivity (Wildman–Crippen MR) is 91.5 cm³/mol. The van der Waals surface area contributed by atoms with Crippen molar-refractivity contribution in [1.29, 1.82) is 0 Å². The smallest absolute Gasteiger partial charge is 0.108 e. The van der Waals surface area contributed by atoms with Crippen molar-refractivity contribution in [3.8, 4) is 0 Å². The fourth-order valence-corrected chi connectivity index (χ4v) is 2.73. The first-order valence-corrected chi connectivity index (χ1v) is 8.42. The number of hydrogen-bond donors (Lipinski definition) is 1. The van der Waals surface area contributed by atoms with E-state index in [4.69, 9.17) is 0 Å². The van der Waals surface area contributed by atoms with Crippen LogP contribution < -0.4 is 5.32 Å². The molecule has 0 amide bonds. The quantitative estimate of drug-likeness (QED) is 0.786. The highest BCUT2D eigenvalue weighted by atomic mass is 79.9. The summed E-state index contributed by atoms with van der Waals surface area (Å²) in [7, 11) is 2.06. The molecule has 2 rings (SSSR count). The molecule has 1 aromatic carbocycles. The Hall–Kier alpha value is -1.13.